The molecule has 2 heteroatoms. The number of rotatable bonds is 2. The normalized spacial score (nSPS) is 14.7. The van der Waals surface area contributed by atoms with Crippen molar-refractivity contribution < 1.29 is 9.90 Å². The first-order chi connectivity index (χ1) is 4.62. The van der Waals surface area contributed by atoms with Gasteiger partial charge in [0.2, 0.25) is 0 Å². The average Bonchev–Trinajstić information content (AvgIpc) is 1.84. The molecule has 0 fully saturated rings. The number of hydrogen-bond acceptors (Lipinski definition) is 2. The summed E-state index contributed by atoms with van der Waals surface area (Å²) in [4.78, 5) is 9.77. The van der Waals surface area contributed by atoms with Gasteiger partial charge in [-0.15, -0.1) is 0 Å². The molecule has 1 unspecified atom stereocenters. The van der Waals surface area contributed by atoms with Gasteiger partial charge >= 0.3 is 0 Å². The zero-order valence-corrected chi connectivity index (χ0v) is 6.35. The van der Waals surface area contributed by atoms with E-state index < -0.39 is 5.60 Å². The van der Waals surface area contributed by atoms with Gasteiger partial charge in [-0.05, 0) is 19.3 Å². The fourth-order valence-electron chi connectivity index (χ4n) is 0.734. The Morgan fingerprint density at radius 1 is 1.70 bits per heavy atom. The first kappa shape index (κ1) is 9.19. The number of aldehydes is 1. The van der Waals surface area contributed by atoms with E-state index in [1.54, 1.807) is 6.92 Å². The Balaban J connectivity index is 3.97. The zero-order chi connectivity index (χ0) is 8.04. The molecule has 2 nitrogen and oxygen atoms in total. The highest BCUT2D eigenvalue weighted by molar-refractivity contribution is 5.72. The van der Waals surface area contributed by atoms with Gasteiger partial charge in [-0.1, -0.05) is 19.3 Å². The molecule has 0 radical (unpaired) electrons. The lowest BCUT2D eigenvalue weighted by atomic mass is 10.0. The monoisotopic (exact) mass is 140 g/mol. The molecular formula is C8H12O2. The molecule has 0 bridgehead atoms. The van der Waals surface area contributed by atoms with Crippen molar-refractivity contribution >= 4 is 6.29 Å². The van der Waals surface area contributed by atoms with Gasteiger partial charge in [0, 0.05) is 0 Å². The third kappa shape index (κ3) is 4.11. The summed E-state index contributed by atoms with van der Waals surface area (Å²) in [5.41, 5.74) is -0.990. The molecule has 0 rings (SSSR count). The van der Waals surface area contributed by atoms with Crippen LogP contribution in [0.15, 0.2) is 0 Å². The van der Waals surface area contributed by atoms with Crippen LogP contribution in [0.2, 0.25) is 0 Å². The quantitative estimate of drug-likeness (QED) is 0.453. The maximum absolute atomic E-state index is 9.77. The van der Waals surface area contributed by atoms with Gasteiger partial charge in [0.15, 0.2) is 6.29 Å². The molecule has 0 saturated heterocycles. The highest BCUT2D eigenvalue weighted by Gasteiger charge is 2.13. The van der Waals surface area contributed by atoms with Gasteiger partial charge in [-0.25, -0.2) is 0 Å². The van der Waals surface area contributed by atoms with Crippen molar-refractivity contribution in [2.24, 2.45) is 0 Å². The Hall–Kier alpha value is -0.810. The molecule has 1 atom stereocenters. The van der Waals surface area contributed by atoms with Gasteiger partial charge < -0.3 is 5.11 Å². The van der Waals surface area contributed by atoms with E-state index in [0.29, 0.717) is 12.7 Å². The fourth-order valence-corrected chi connectivity index (χ4v) is 0.734. The molecular weight excluding hydrogens is 128 g/mol. The van der Waals surface area contributed by atoms with Gasteiger partial charge in [0.1, 0.15) is 5.60 Å². The van der Waals surface area contributed by atoms with Crippen LogP contribution in [0.4, 0.5) is 0 Å². The molecule has 0 aliphatic heterocycles. The molecule has 0 spiro atoms. The van der Waals surface area contributed by atoms with Gasteiger partial charge in [-0.3, -0.25) is 4.79 Å². The fraction of sp³-hybridized carbons (Fsp3) is 0.625. The van der Waals surface area contributed by atoms with E-state index in [0.717, 1.165) is 6.42 Å². The first-order valence-corrected chi connectivity index (χ1v) is 3.31. The SMILES string of the molecule is CCCC(C)(O)C#CC=O. The van der Waals surface area contributed by atoms with Crippen molar-refractivity contribution in [3.63, 3.8) is 0 Å². The van der Waals surface area contributed by atoms with Crippen LogP contribution in [0.1, 0.15) is 26.7 Å². The maximum Gasteiger partial charge on any atom is 0.192 e. The minimum Gasteiger partial charge on any atom is -0.378 e. The summed E-state index contributed by atoms with van der Waals surface area (Å²) in [7, 11) is 0. The van der Waals surface area contributed by atoms with E-state index >= 15 is 0 Å². The van der Waals surface area contributed by atoms with E-state index in [1.165, 1.54) is 0 Å². The van der Waals surface area contributed by atoms with Crippen LogP contribution < -0.4 is 0 Å². The van der Waals surface area contributed by atoms with Crippen LogP contribution in [0.5, 0.6) is 0 Å². The molecule has 0 heterocycles. The lowest BCUT2D eigenvalue weighted by molar-refractivity contribution is -0.103. The summed E-state index contributed by atoms with van der Waals surface area (Å²) in [6, 6.07) is 0. The van der Waals surface area contributed by atoms with Crippen molar-refractivity contribution in [1.29, 1.82) is 0 Å². The standard InChI is InChI=1S/C8H12O2/c1-3-5-8(2,10)6-4-7-9/h7,10H,3,5H2,1-2H3. The van der Waals surface area contributed by atoms with Crippen molar-refractivity contribution in [2.45, 2.75) is 32.3 Å². The Labute approximate surface area is 61.2 Å². The molecule has 0 aliphatic carbocycles. The van der Waals surface area contributed by atoms with Crippen LogP contribution in [-0.2, 0) is 4.79 Å². The Kier molecular flexibility index (Phi) is 3.75. The highest BCUT2D eigenvalue weighted by atomic mass is 16.3. The summed E-state index contributed by atoms with van der Waals surface area (Å²) < 4.78 is 0. The summed E-state index contributed by atoms with van der Waals surface area (Å²) in [6.07, 6.45) is 1.96. The van der Waals surface area contributed by atoms with E-state index in [1.807, 2.05) is 6.92 Å². The summed E-state index contributed by atoms with van der Waals surface area (Å²) in [6.45, 7) is 3.56. The maximum atomic E-state index is 9.77. The molecule has 0 aromatic rings. The van der Waals surface area contributed by atoms with Gasteiger partial charge in [-0.2, -0.15) is 0 Å². The van der Waals surface area contributed by atoms with Crippen LogP contribution in [-0.4, -0.2) is 17.0 Å². The molecule has 0 amide bonds. The largest absolute Gasteiger partial charge is 0.378 e. The average molecular weight is 140 g/mol. The third-order valence-corrected chi connectivity index (χ3v) is 1.14. The summed E-state index contributed by atoms with van der Waals surface area (Å²) >= 11 is 0. The van der Waals surface area contributed by atoms with Crippen LogP contribution in [0.3, 0.4) is 0 Å². The molecule has 0 saturated carbocycles. The second kappa shape index (κ2) is 4.08. The van der Waals surface area contributed by atoms with Crippen molar-refractivity contribution in [2.75, 3.05) is 0 Å². The molecule has 10 heavy (non-hydrogen) atoms. The summed E-state index contributed by atoms with van der Waals surface area (Å²) in [5, 5.41) is 9.31. The number of carbonyl (C=O) groups is 1. The summed E-state index contributed by atoms with van der Waals surface area (Å²) in [5.74, 6) is 4.64. The van der Waals surface area contributed by atoms with Crippen molar-refractivity contribution in [1.82, 2.24) is 0 Å². The molecule has 56 valence electrons. The minimum absolute atomic E-state index is 0.490. The predicted octanol–water partition coefficient (Wildman–Crippen LogP) is 0.740. The molecule has 1 N–H and O–H groups in total. The van der Waals surface area contributed by atoms with Crippen LogP contribution >= 0.6 is 0 Å². The topological polar surface area (TPSA) is 37.3 Å². The molecule has 0 aromatic carbocycles. The first-order valence-electron chi connectivity index (χ1n) is 3.31. The van der Waals surface area contributed by atoms with E-state index in [4.69, 9.17) is 0 Å². The van der Waals surface area contributed by atoms with E-state index in [2.05, 4.69) is 11.8 Å². The second-order valence-electron chi connectivity index (χ2n) is 2.41. The second-order valence-corrected chi connectivity index (χ2v) is 2.41. The van der Waals surface area contributed by atoms with Crippen molar-refractivity contribution in [3.8, 4) is 11.8 Å². The number of hydrogen-bond donors (Lipinski definition) is 1. The third-order valence-electron chi connectivity index (χ3n) is 1.14. The number of carbonyl (C=O) groups excluding carboxylic acids is 1. The minimum atomic E-state index is -0.990. The van der Waals surface area contributed by atoms with Crippen LogP contribution in [0, 0.1) is 11.8 Å². The van der Waals surface area contributed by atoms with E-state index in [-0.39, 0.29) is 0 Å². The Morgan fingerprint density at radius 2 is 2.30 bits per heavy atom. The van der Waals surface area contributed by atoms with E-state index in [9.17, 15) is 9.90 Å². The molecule has 0 aliphatic rings. The van der Waals surface area contributed by atoms with Crippen molar-refractivity contribution in [3.05, 3.63) is 0 Å². The van der Waals surface area contributed by atoms with Gasteiger partial charge in [0.05, 0.1) is 0 Å². The Bertz CT molecular complexity index is 160. The number of aliphatic hydroxyl groups is 1. The zero-order valence-electron chi connectivity index (χ0n) is 6.35. The predicted molar refractivity (Wildman–Crippen MR) is 39.4 cm³/mol. The highest BCUT2D eigenvalue weighted by Crippen LogP contribution is 2.08. The molecule has 0 aromatic heterocycles. The van der Waals surface area contributed by atoms with Gasteiger partial charge in [0.25, 0.3) is 0 Å². The smallest absolute Gasteiger partial charge is 0.192 e. The van der Waals surface area contributed by atoms with Crippen LogP contribution in [0.25, 0.3) is 0 Å². The lowest BCUT2D eigenvalue weighted by Crippen LogP contribution is -2.20. The Morgan fingerprint density at radius 3 is 2.70 bits per heavy atom. The lowest BCUT2D eigenvalue weighted by Gasteiger charge is -2.13.